The van der Waals surface area contributed by atoms with Crippen molar-refractivity contribution < 1.29 is 29.0 Å². The molecule has 2 aromatic carbocycles. The first-order valence-electron chi connectivity index (χ1n) is 13.3. The number of carbonyl (C=O) groups excluding carboxylic acids is 3. The number of hydrogen-bond acceptors (Lipinski definition) is 6. The summed E-state index contributed by atoms with van der Waals surface area (Å²) in [6.07, 6.45) is 0.512. The molecule has 3 fully saturated rings. The van der Waals surface area contributed by atoms with Gasteiger partial charge in [-0.2, -0.15) is 0 Å². The molecule has 3 saturated heterocycles. The third-order valence-electron chi connectivity index (χ3n) is 8.52. The summed E-state index contributed by atoms with van der Waals surface area (Å²) in [4.78, 5) is 43.2. The third kappa shape index (κ3) is 4.62. The summed E-state index contributed by atoms with van der Waals surface area (Å²) in [6.45, 7) is 3.62. The lowest BCUT2D eigenvalue weighted by Gasteiger charge is -2.38. The molecule has 3 aliphatic rings. The molecule has 0 saturated carbocycles. The van der Waals surface area contributed by atoms with Gasteiger partial charge in [0.15, 0.2) is 0 Å². The molecule has 3 aliphatic heterocycles. The molecule has 39 heavy (non-hydrogen) atoms. The Balaban J connectivity index is 1.53. The van der Waals surface area contributed by atoms with Crippen molar-refractivity contribution in [3.05, 3.63) is 54.6 Å². The highest BCUT2D eigenvalue weighted by molar-refractivity contribution is 9.09. The number of fused-ring (bicyclic) bond motifs is 1. The fraction of sp³-hybridized carbons (Fsp3) is 0.483. The van der Waals surface area contributed by atoms with Gasteiger partial charge < -0.3 is 30.1 Å². The fourth-order valence-corrected chi connectivity index (χ4v) is 7.41. The number of likely N-dealkylation sites (tertiary alicyclic amines) is 1. The summed E-state index contributed by atoms with van der Waals surface area (Å²) in [5.74, 6) is -2.16. The summed E-state index contributed by atoms with van der Waals surface area (Å²) in [7, 11) is 1.56. The first kappa shape index (κ1) is 27.6. The van der Waals surface area contributed by atoms with E-state index < -0.39 is 41.5 Å². The van der Waals surface area contributed by atoms with E-state index in [1.54, 1.807) is 43.5 Å². The van der Waals surface area contributed by atoms with E-state index in [1.807, 2.05) is 32.0 Å². The average Bonchev–Trinajstić information content (AvgIpc) is 3.53. The number of hydrogen-bond donors (Lipinski definition) is 3. The third-order valence-corrected chi connectivity index (χ3v) is 9.37. The molecule has 0 aromatic heterocycles. The molecule has 3 unspecified atom stereocenters. The lowest BCUT2D eigenvalue weighted by atomic mass is 9.70. The van der Waals surface area contributed by atoms with Gasteiger partial charge in [0.05, 0.1) is 37.7 Å². The van der Waals surface area contributed by atoms with Crippen LogP contribution in [0.25, 0.3) is 0 Å². The fourth-order valence-electron chi connectivity index (χ4n) is 6.47. The number of nitrogens with one attached hydrogen (secondary N) is 2. The predicted octanol–water partition coefficient (Wildman–Crippen LogP) is 3.43. The molecule has 3 amide bonds. The van der Waals surface area contributed by atoms with Crippen LogP contribution in [0.1, 0.15) is 26.7 Å². The molecular formula is C29H34BrN3O6. The van der Waals surface area contributed by atoms with Gasteiger partial charge in [0.1, 0.15) is 17.4 Å². The number of aliphatic hydroxyl groups is 1. The lowest BCUT2D eigenvalue weighted by Crippen LogP contribution is -2.57. The van der Waals surface area contributed by atoms with Gasteiger partial charge in [-0.25, -0.2) is 0 Å². The van der Waals surface area contributed by atoms with Crippen molar-refractivity contribution in [1.82, 2.24) is 4.90 Å². The summed E-state index contributed by atoms with van der Waals surface area (Å²) in [6, 6.07) is 14.4. The van der Waals surface area contributed by atoms with Crippen LogP contribution in [-0.4, -0.2) is 70.1 Å². The Morgan fingerprint density at radius 2 is 1.77 bits per heavy atom. The van der Waals surface area contributed by atoms with E-state index in [2.05, 4.69) is 26.6 Å². The van der Waals surface area contributed by atoms with Crippen LogP contribution in [0.2, 0.25) is 0 Å². The van der Waals surface area contributed by atoms with Gasteiger partial charge in [-0.15, -0.1) is 0 Å². The Morgan fingerprint density at radius 3 is 2.38 bits per heavy atom. The number of ether oxygens (including phenoxy) is 2. The molecule has 9 nitrogen and oxygen atoms in total. The Kier molecular flexibility index (Phi) is 7.72. The van der Waals surface area contributed by atoms with E-state index in [0.29, 0.717) is 30.0 Å². The monoisotopic (exact) mass is 599 g/mol. The van der Waals surface area contributed by atoms with Crippen LogP contribution in [0.5, 0.6) is 5.75 Å². The molecule has 8 atom stereocenters. The van der Waals surface area contributed by atoms with Crippen molar-refractivity contribution in [2.45, 2.75) is 55.3 Å². The highest BCUT2D eigenvalue weighted by atomic mass is 79.9. The number of amides is 3. The van der Waals surface area contributed by atoms with Crippen LogP contribution in [0.3, 0.4) is 0 Å². The number of anilines is 2. The van der Waals surface area contributed by atoms with Crippen molar-refractivity contribution in [3.63, 3.8) is 0 Å². The maximum Gasteiger partial charge on any atom is 0.250 e. The number of benzene rings is 2. The number of para-hydroxylation sites is 1. The number of rotatable bonds is 9. The Labute approximate surface area is 236 Å². The first-order valence-corrected chi connectivity index (χ1v) is 14.2. The first-order chi connectivity index (χ1) is 18.7. The minimum Gasteiger partial charge on any atom is -0.497 e. The summed E-state index contributed by atoms with van der Waals surface area (Å²) >= 11 is 3.69. The van der Waals surface area contributed by atoms with Gasteiger partial charge in [0.25, 0.3) is 0 Å². The quantitative estimate of drug-likeness (QED) is 0.380. The predicted molar refractivity (Wildman–Crippen MR) is 150 cm³/mol. The van der Waals surface area contributed by atoms with Crippen molar-refractivity contribution >= 4 is 45.0 Å². The molecule has 3 N–H and O–H groups in total. The van der Waals surface area contributed by atoms with E-state index in [1.165, 1.54) is 4.90 Å². The smallest absolute Gasteiger partial charge is 0.250 e. The average molecular weight is 601 g/mol. The molecule has 0 aliphatic carbocycles. The number of nitrogens with zero attached hydrogens (tertiary/aromatic N) is 1. The topological polar surface area (TPSA) is 117 Å². The highest BCUT2D eigenvalue weighted by Gasteiger charge is 2.77. The van der Waals surface area contributed by atoms with Crippen molar-refractivity contribution in [2.75, 3.05) is 24.4 Å². The molecule has 0 radical (unpaired) electrons. The van der Waals surface area contributed by atoms with Gasteiger partial charge in [-0.1, -0.05) is 54.4 Å². The molecule has 1 spiro atoms. The number of alkyl halides is 1. The Hall–Kier alpha value is -2.95. The van der Waals surface area contributed by atoms with E-state index in [-0.39, 0.29) is 29.2 Å². The number of halogens is 1. The van der Waals surface area contributed by atoms with Gasteiger partial charge >= 0.3 is 0 Å². The standard InChI is InChI=1S/C29H34BrN3O6/c1-4-16(2)21(15-34)33-25(27(36)32-18-10-12-19(38-3)13-11-18)29-14-20(30)24(39-29)22(23(29)28(33)37)26(35)31-17-8-6-5-7-9-17/h5-13,16,20-25,34H,4,14-15H2,1-3H3,(H,31,35)(H,32,36)/t16-,20?,21-,22+,23-,24+,25?,29?/m0/s1. The van der Waals surface area contributed by atoms with Crippen LogP contribution in [0.15, 0.2) is 54.6 Å². The maximum atomic E-state index is 14.3. The molecule has 5 rings (SSSR count). The Bertz CT molecular complexity index is 1230. The molecule has 208 valence electrons. The summed E-state index contributed by atoms with van der Waals surface area (Å²) in [5, 5.41) is 16.3. The van der Waals surface area contributed by atoms with Gasteiger partial charge in [-0.05, 0) is 48.7 Å². The number of carbonyl (C=O) groups is 3. The zero-order valence-corrected chi connectivity index (χ0v) is 23.8. The van der Waals surface area contributed by atoms with Crippen LogP contribution in [0, 0.1) is 17.8 Å². The van der Waals surface area contributed by atoms with Crippen molar-refractivity contribution in [1.29, 1.82) is 0 Å². The van der Waals surface area contributed by atoms with Crippen LogP contribution < -0.4 is 15.4 Å². The van der Waals surface area contributed by atoms with Crippen LogP contribution in [-0.2, 0) is 19.1 Å². The van der Waals surface area contributed by atoms with Gasteiger partial charge in [0, 0.05) is 16.2 Å². The van der Waals surface area contributed by atoms with Crippen LogP contribution >= 0.6 is 15.9 Å². The SMILES string of the molecule is CC[C@H](C)[C@H](CO)N1C(=O)[C@@H]2[C@@H](C(=O)Nc3ccccc3)[C@@H]3OC2(CC3Br)C1C(=O)Nc1ccc(OC)cc1. The summed E-state index contributed by atoms with van der Waals surface area (Å²) < 4.78 is 11.8. The van der Waals surface area contributed by atoms with Crippen LogP contribution in [0.4, 0.5) is 11.4 Å². The largest absolute Gasteiger partial charge is 0.497 e. The minimum atomic E-state index is -1.22. The molecule has 2 aromatic rings. The van der Waals surface area contributed by atoms with E-state index in [0.717, 1.165) is 0 Å². The Morgan fingerprint density at radius 1 is 1.13 bits per heavy atom. The molecule has 3 heterocycles. The normalized spacial score (nSPS) is 30.5. The van der Waals surface area contributed by atoms with E-state index >= 15 is 0 Å². The van der Waals surface area contributed by atoms with Gasteiger partial charge in [0.2, 0.25) is 17.7 Å². The van der Waals surface area contributed by atoms with E-state index in [4.69, 9.17) is 9.47 Å². The van der Waals surface area contributed by atoms with Crippen molar-refractivity contribution in [3.8, 4) is 5.75 Å². The van der Waals surface area contributed by atoms with E-state index in [9.17, 15) is 19.5 Å². The molecular weight excluding hydrogens is 566 g/mol. The zero-order chi connectivity index (χ0) is 27.9. The van der Waals surface area contributed by atoms with Gasteiger partial charge in [-0.3, -0.25) is 14.4 Å². The lowest BCUT2D eigenvalue weighted by molar-refractivity contribution is -0.144. The summed E-state index contributed by atoms with van der Waals surface area (Å²) in [5.41, 5.74) is -0.0562. The number of aliphatic hydroxyl groups excluding tert-OH is 1. The number of methoxy groups -OCH3 is 1. The highest BCUT2D eigenvalue weighted by Crippen LogP contribution is 2.60. The van der Waals surface area contributed by atoms with Crippen molar-refractivity contribution in [2.24, 2.45) is 17.8 Å². The second-order valence-electron chi connectivity index (χ2n) is 10.6. The zero-order valence-electron chi connectivity index (χ0n) is 22.2. The molecule has 2 bridgehead atoms. The molecule has 10 heteroatoms. The second kappa shape index (κ2) is 10.9. The maximum absolute atomic E-state index is 14.3. The minimum absolute atomic E-state index is 0.0842. The second-order valence-corrected chi connectivity index (χ2v) is 11.8.